The average molecular weight is 324 g/mol. The van der Waals surface area contributed by atoms with Crippen molar-refractivity contribution < 1.29 is 18.8 Å². The first-order chi connectivity index (χ1) is 10.7. The maximum absolute atomic E-state index is 12.5. The van der Waals surface area contributed by atoms with E-state index in [4.69, 9.17) is 14.0 Å². The number of rotatable bonds is 5. The Bertz CT molecular complexity index is 525. The van der Waals surface area contributed by atoms with Crippen molar-refractivity contribution in [3.8, 4) is 0 Å². The number of carbonyl (C=O) groups is 1. The van der Waals surface area contributed by atoms with Crippen molar-refractivity contribution in [2.24, 2.45) is 5.41 Å². The zero-order valence-electron chi connectivity index (χ0n) is 14.8. The van der Waals surface area contributed by atoms with Crippen LogP contribution in [-0.4, -0.2) is 37.0 Å². The van der Waals surface area contributed by atoms with Gasteiger partial charge in [0.1, 0.15) is 0 Å². The van der Waals surface area contributed by atoms with Gasteiger partial charge in [0.15, 0.2) is 0 Å². The van der Waals surface area contributed by atoms with Crippen LogP contribution in [-0.2, 0) is 19.7 Å². The fraction of sp³-hybridized carbons (Fsp3) is 0.765. The van der Waals surface area contributed by atoms with Gasteiger partial charge in [-0.05, 0) is 12.8 Å². The molecule has 1 aromatic rings. The summed E-state index contributed by atoms with van der Waals surface area (Å²) in [7, 11) is 0. The van der Waals surface area contributed by atoms with Crippen molar-refractivity contribution in [3.63, 3.8) is 0 Å². The lowest BCUT2D eigenvalue weighted by atomic mass is 9.85. The van der Waals surface area contributed by atoms with Crippen LogP contribution in [0.5, 0.6) is 0 Å². The molecule has 6 heteroatoms. The first-order valence-electron chi connectivity index (χ1n) is 8.16. The Morgan fingerprint density at radius 1 is 1.30 bits per heavy atom. The van der Waals surface area contributed by atoms with Crippen LogP contribution in [0.15, 0.2) is 10.6 Å². The van der Waals surface area contributed by atoms with E-state index in [1.165, 1.54) is 0 Å². The van der Waals surface area contributed by atoms with Crippen LogP contribution in [0.1, 0.15) is 53.2 Å². The van der Waals surface area contributed by atoms with E-state index in [-0.39, 0.29) is 17.4 Å². The van der Waals surface area contributed by atoms with E-state index in [1.807, 2.05) is 34.6 Å². The molecule has 0 bridgehead atoms. The third-order valence-corrected chi connectivity index (χ3v) is 4.11. The van der Waals surface area contributed by atoms with Gasteiger partial charge in [0, 0.05) is 16.9 Å². The molecule has 1 N–H and O–H groups in total. The highest BCUT2D eigenvalue weighted by Crippen LogP contribution is 2.28. The Labute approximate surface area is 137 Å². The number of anilines is 1. The summed E-state index contributed by atoms with van der Waals surface area (Å²) in [5.41, 5.74) is 0.189. The number of hydrogen-bond acceptors (Lipinski definition) is 5. The van der Waals surface area contributed by atoms with Crippen molar-refractivity contribution in [1.29, 1.82) is 0 Å². The van der Waals surface area contributed by atoms with Crippen LogP contribution in [0.2, 0.25) is 0 Å². The highest BCUT2D eigenvalue weighted by Gasteiger charge is 2.30. The number of aromatic nitrogens is 1. The first-order valence-corrected chi connectivity index (χ1v) is 8.16. The molecule has 2 rings (SSSR count). The van der Waals surface area contributed by atoms with Gasteiger partial charge in [-0.1, -0.05) is 39.8 Å². The smallest absolute Gasteiger partial charge is 0.232 e. The van der Waals surface area contributed by atoms with Gasteiger partial charge >= 0.3 is 0 Å². The molecule has 0 saturated carbocycles. The topological polar surface area (TPSA) is 73.6 Å². The number of ether oxygens (including phenoxy) is 2. The standard InChI is InChI=1S/C17H28N2O4/c1-16(2,3)13-10-14(23-19-13)18-15(20)17(4,5)7-6-12-11-21-8-9-22-12/h10,12H,6-9,11H2,1-5H3,(H,18,20). The van der Waals surface area contributed by atoms with Crippen molar-refractivity contribution in [1.82, 2.24) is 5.16 Å². The number of carbonyl (C=O) groups excluding carboxylic acids is 1. The first kappa shape index (κ1) is 17.9. The highest BCUT2D eigenvalue weighted by molar-refractivity contribution is 5.93. The zero-order valence-corrected chi connectivity index (χ0v) is 14.8. The maximum Gasteiger partial charge on any atom is 0.232 e. The Balaban J connectivity index is 1.88. The summed E-state index contributed by atoms with van der Waals surface area (Å²) in [6, 6.07) is 1.78. The summed E-state index contributed by atoms with van der Waals surface area (Å²) in [5, 5.41) is 6.84. The lowest BCUT2D eigenvalue weighted by Crippen LogP contribution is -2.34. The normalized spacial score (nSPS) is 19.6. The summed E-state index contributed by atoms with van der Waals surface area (Å²) in [6.45, 7) is 11.9. The lowest BCUT2D eigenvalue weighted by Gasteiger charge is -2.27. The molecule has 0 spiro atoms. The van der Waals surface area contributed by atoms with E-state index in [1.54, 1.807) is 6.07 Å². The lowest BCUT2D eigenvalue weighted by molar-refractivity contribution is -0.126. The molecule has 1 saturated heterocycles. The molecule has 1 aliphatic rings. The molecule has 0 aliphatic carbocycles. The minimum atomic E-state index is -0.518. The summed E-state index contributed by atoms with van der Waals surface area (Å²) in [4.78, 5) is 12.5. The van der Waals surface area contributed by atoms with Gasteiger partial charge in [-0.15, -0.1) is 0 Å². The second-order valence-electron chi connectivity index (χ2n) is 7.77. The third-order valence-electron chi connectivity index (χ3n) is 4.11. The molecular weight excluding hydrogens is 296 g/mol. The van der Waals surface area contributed by atoms with Crippen LogP contribution in [0.4, 0.5) is 5.88 Å². The molecule has 23 heavy (non-hydrogen) atoms. The second-order valence-corrected chi connectivity index (χ2v) is 7.77. The largest absolute Gasteiger partial charge is 0.376 e. The fourth-order valence-electron chi connectivity index (χ4n) is 2.31. The molecule has 1 atom stereocenters. The van der Waals surface area contributed by atoms with Gasteiger partial charge in [0.25, 0.3) is 0 Å². The molecule has 1 aliphatic heterocycles. The van der Waals surface area contributed by atoms with Crippen molar-refractivity contribution in [2.45, 2.75) is 59.0 Å². The summed E-state index contributed by atoms with van der Waals surface area (Å²) < 4.78 is 16.2. The highest BCUT2D eigenvalue weighted by atomic mass is 16.6. The SMILES string of the molecule is CC(C)(CCC1COCCO1)C(=O)Nc1cc(C(C)(C)C)no1. The van der Waals surface area contributed by atoms with E-state index >= 15 is 0 Å². The molecule has 0 aromatic carbocycles. The minimum absolute atomic E-state index is 0.0774. The Morgan fingerprint density at radius 2 is 2.04 bits per heavy atom. The van der Waals surface area contributed by atoms with Crippen LogP contribution < -0.4 is 5.32 Å². The van der Waals surface area contributed by atoms with Crippen molar-refractivity contribution >= 4 is 11.8 Å². The summed E-state index contributed by atoms with van der Waals surface area (Å²) >= 11 is 0. The van der Waals surface area contributed by atoms with Crippen molar-refractivity contribution in [2.75, 3.05) is 25.1 Å². The van der Waals surface area contributed by atoms with Crippen LogP contribution in [0.3, 0.4) is 0 Å². The van der Waals surface area contributed by atoms with Crippen LogP contribution >= 0.6 is 0 Å². The minimum Gasteiger partial charge on any atom is -0.376 e. The van der Waals surface area contributed by atoms with Crippen LogP contribution in [0, 0.1) is 5.41 Å². The van der Waals surface area contributed by atoms with E-state index in [0.29, 0.717) is 32.1 Å². The third kappa shape index (κ3) is 5.04. The van der Waals surface area contributed by atoms with Gasteiger partial charge in [0.2, 0.25) is 11.8 Å². The molecule has 1 unspecified atom stereocenters. The number of nitrogens with zero attached hydrogens (tertiary/aromatic N) is 1. The van der Waals surface area contributed by atoms with Gasteiger partial charge in [-0.3, -0.25) is 10.1 Å². The Morgan fingerprint density at radius 3 is 2.61 bits per heavy atom. The number of nitrogens with one attached hydrogen (secondary N) is 1. The molecule has 1 aromatic heterocycles. The molecule has 1 fully saturated rings. The predicted molar refractivity (Wildman–Crippen MR) is 87.4 cm³/mol. The van der Waals surface area contributed by atoms with Gasteiger partial charge < -0.3 is 14.0 Å². The van der Waals surface area contributed by atoms with E-state index in [2.05, 4.69) is 10.5 Å². The molecule has 6 nitrogen and oxygen atoms in total. The molecule has 1 amide bonds. The van der Waals surface area contributed by atoms with E-state index < -0.39 is 5.41 Å². The Hall–Kier alpha value is -1.40. The van der Waals surface area contributed by atoms with Gasteiger partial charge in [-0.2, -0.15) is 0 Å². The maximum atomic E-state index is 12.5. The van der Waals surface area contributed by atoms with E-state index in [9.17, 15) is 4.79 Å². The average Bonchev–Trinajstić information content (AvgIpc) is 2.95. The van der Waals surface area contributed by atoms with E-state index in [0.717, 1.165) is 12.1 Å². The zero-order chi connectivity index (χ0) is 17.1. The molecule has 0 radical (unpaired) electrons. The quantitative estimate of drug-likeness (QED) is 0.901. The molecule has 2 heterocycles. The summed E-state index contributed by atoms with van der Waals surface area (Å²) in [5.74, 6) is 0.316. The van der Waals surface area contributed by atoms with Crippen LogP contribution in [0.25, 0.3) is 0 Å². The monoisotopic (exact) mass is 324 g/mol. The number of hydrogen-bond donors (Lipinski definition) is 1. The molecular formula is C17H28N2O4. The predicted octanol–water partition coefficient (Wildman–Crippen LogP) is 3.13. The summed E-state index contributed by atoms with van der Waals surface area (Å²) in [6.07, 6.45) is 1.59. The fourth-order valence-corrected chi connectivity index (χ4v) is 2.31. The Kier molecular flexibility index (Phi) is 5.47. The number of amides is 1. The molecule has 130 valence electrons. The van der Waals surface area contributed by atoms with Gasteiger partial charge in [-0.25, -0.2) is 0 Å². The van der Waals surface area contributed by atoms with Crippen molar-refractivity contribution in [3.05, 3.63) is 11.8 Å². The second kappa shape index (κ2) is 7.01. The van der Waals surface area contributed by atoms with Gasteiger partial charge in [0.05, 0.1) is 31.6 Å².